The molecule has 7 aliphatic carbocycles. The zero-order chi connectivity index (χ0) is 22.0. The minimum atomic E-state index is -0.227. The lowest BCUT2D eigenvalue weighted by atomic mass is 9.43. The number of amides is 1. The van der Waals surface area contributed by atoms with Gasteiger partial charge in [0.25, 0.3) is 0 Å². The molecule has 2 heterocycles. The van der Waals surface area contributed by atoms with Crippen LogP contribution in [0.1, 0.15) is 91.9 Å². The third kappa shape index (κ3) is 2.62. The molecule has 0 radical (unpaired) electrons. The molecule has 32 heavy (non-hydrogen) atoms. The molecule has 2 aliphatic heterocycles. The van der Waals surface area contributed by atoms with Crippen LogP contribution in [0.3, 0.4) is 0 Å². The van der Waals surface area contributed by atoms with Gasteiger partial charge in [0.1, 0.15) is 0 Å². The molecule has 5 heteroatoms. The van der Waals surface area contributed by atoms with Gasteiger partial charge in [-0.3, -0.25) is 4.79 Å². The average Bonchev–Trinajstić information content (AvgIpc) is 3.35. The van der Waals surface area contributed by atoms with Gasteiger partial charge < -0.3 is 14.2 Å². The van der Waals surface area contributed by atoms with Crippen molar-refractivity contribution in [1.82, 2.24) is 4.90 Å². The number of rotatable bonds is 3. The van der Waals surface area contributed by atoms with E-state index in [1.165, 1.54) is 44.9 Å². The Labute approximate surface area is 194 Å². The molecule has 6 atom stereocenters. The molecule has 4 nitrogen and oxygen atoms in total. The van der Waals surface area contributed by atoms with E-state index in [9.17, 15) is 4.79 Å². The number of carbonyl (C=O) groups excluding carboxylic acids is 1. The van der Waals surface area contributed by atoms with Crippen molar-refractivity contribution in [1.29, 1.82) is 0 Å². The van der Waals surface area contributed by atoms with E-state index in [1.807, 2.05) is 0 Å². The first-order valence-electron chi connectivity index (χ1n) is 13.8. The molecule has 0 aromatic carbocycles. The van der Waals surface area contributed by atoms with E-state index in [2.05, 4.69) is 32.6 Å². The second kappa shape index (κ2) is 6.56. The summed E-state index contributed by atoms with van der Waals surface area (Å²) in [6.07, 6.45) is 13.0. The van der Waals surface area contributed by atoms with Gasteiger partial charge in [0, 0.05) is 12.5 Å². The third-order valence-corrected chi connectivity index (χ3v) is 12.2. The van der Waals surface area contributed by atoms with Gasteiger partial charge >= 0.3 is 7.12 Å². The van der Waals surface area contributed by atoms with E-state index in [4.69, 9.17) is 9.31 Å². The topological polar surface area (TPSA) is 38.8 Å². The van der Waals surface area contributed by atoms with E-state index < -0.39 is 0 Å². The minimum Gasteiger partial charge on any atom is -0.404 e. The van der Waals surface area contributed by atoms with Crippen LogP contribution in [-0.4, -0.2) is 42.1 Å². The van der Waals surface area contributed by atoms with Crippen molar-refractivity contribution in [3.63, 3.8) is 0 Å². The highest BCUT2D eigenvalue weighted by molar-refractivity contribution is 6.48. The molecule has 0 aromatic heterocycles. The maximum atomic E-state index is 14.0. The first kappa shape index (κ1) is 20.8. The normalized spacial score (nSPS) is 53.3. The number of likely N-dealkylation sites (tertiary alicyclic amines) is 1. The van der Waals surface area contributed by atoms with Crippen molar-refractivity contribution in [2.45, 2.75) is 110 Å². The maximum absolute atomic E-state index is 14.0. The number of hydrogen-bond donors (Lipinski definition) is 0. The Balaban J connectivity index is 1.10. The Hall–Kier alpha value is -0.545. The maximum Gasteiger partial charge on any atom is 0.481 e. The van der Waals surface area contributed by atoms with Crippen LogP contribution in [0, 0.1) is 46.3 Å². The van der Waals surface area contributed by atoms with Crippen molar-refractivity contribution >= 4 is 13.0 Å². The predicted octanol–water partition coefficient (Wildman–Crippen LogP) is 5.10. The van der Waals surface area contributed by atoms with E-state index in [0.717, 1.165) is 49.5 Å². The van der Waals surface area contributed by atoms with Crippen LogP contribution in [-0.2, 0) is 14.1 Å². The highest BCUT2D eigenvalue weighted by Crippen LogP contribution is 2.66. The Kier molecular flexibility index (Phi) is 4.26. The molecular formula is C27H42BNO3. The summed E-state index contributed by atoms with van der Waals surface area (Å²) in [5.41, 5.74) is 0.467. The molecule has 0 spiro atoms. The molecule has 9 aliphatic rings. The quantitative estimate of drug-likeness (QED) is 0.575. The molecule has 6 bridgehead atoms. The summed E-state index contributed by atoms with van der Waals surface area (Å²) in [7, 11) is -0.227. The van der Waals surface area contributed by atoms with Crippen LogP contribution < -0.4 is 0 Å². The summed E-state index contributed by atoms with van der Waals surface area (Å²) in [6.45, 7) is 10.3. The molecule has 9 rings (SSSR count). The SMILES string of the molecule is C[C@H](C(=O)N1CCC[C@H]1B1O[C@@H]2CC3CC(C3(C)C)[C@]2(C)O1)C12CC3CC(CC(C3)C1)C2. The monoisotopic (exact) mass is 439 g/mol. The smallest absolute Gasteiger partial charge is 0.404 e. The zero-order valence-electron chi connectivity index (χ0n) is 20.6. The molecule has 2 unspecified atom stereocenters. The van der Waals surface area contributed by atoms with Crippen LogP contribution in [0.2, 0.25) is 0 Å². The lowest BCUT2D eigenvalue weighted by Crippen LogP contribution is -2.65. The zero-order valence-corrected chi connectivity index (χ0v) is 20.6. The first-order valence-corrected chi connectivity index (χ1v) is 13.8. The van der Waals surface area contributed by atoms with Gasteiger partial charge in [0.05, 0.1) is 17.6 Å². The second-order valence-electron chi connectivity index (χ2n) is 14.1. The molecule has 1 amide bonds. The van der Waals surface area contributed by atoms with Gasteiger partial charge in [-0.2, -0.15) is 0 Å². The summed E-state index contributed by atoms with van der Waals surface area (Å²) >= 11 is 0. The predicted molar refractivity (Wildman–Crippen MR) is 125 cm³/mol. The Bertz CT molecular complexity index is 792. The molecule has 7 saturated carbocycles. The molecule has 2 saturated heterocycles. The lowest BCUT2D eigenvalue weighted by Gasteiger charge is -2.64. The number of carbonyl (C=O) groups is 1. The summed E-state index contributed by atoms with van der Waals surface area (Å²) in [5, 5.41) is 0. The van der Waals surface area contributed by atoms with Crippen LogP contribution in [0.15, 0.2) is 0 Å². The molecule has 176 valence electrons. The van der Waals surface area contributed by atoms with Gasteiger partial charge in [-0.15, -0.1) is 0 Å². The van der Waals surface area contributed by atoms with Crippen molar-refractivity contribution in [3.8, 4) is 0 Å². The minimum absolute atomic E-state index is 0.113. The van der Waals surface area contributed by atoms with Crippen molar-refractivity contribution in [2.24, 2.45) is 46.3 Å². The van der Waals surface area contributed by atoms with E-state index in [1.54, 1.807) is 0 Å². The van der Waals surface area contributed by atoms with Crippen molar-refractivity contribution in [3.05, 3.63) is 0 Å². The Morgan fingerprint density at radius 2 is 1.66 bits per heavy atom. The van der Waals surface area contributed by atoms with E-state index >= 15 is 0 Å². The summed E-state index contributed by atoms with van der Waals surface area (Å²) in [4.78, 5) is 16.2. The van der Waals surface area contributed by atoms with Gasteiger partial charge in [-0.25, -0.2) is 0 Å². The highest BCUT2D eigenvalue weighted by atomic mass is 16.7. The highest BCUT2D eigenvalue weighted by Gasteiger charge is 2.69. The van der Waals surface area contributed by atoms with Crippen LogP contribution in [0.25, 0.3) is 0 Å². The van der Waals surface area contributed by atoms with Gasteiger partial charge in [0.15, 0.2) is 0 Å². The molecule has 9 fully saturated rings. The largest absolute Gasteiger partial charge is 0.481 e. The van der Waals surface area contributed by atoms with E-state index in [0.29, 0.717) is 17.2 Å². The average molecular weight is 439 g/mol. The van der Waals surface area contributed by atoms with Gasteiger partial charge in [0.2, 0.25) is 5.91 Å². The van der Waals surface area contributed by atoms with E-state index in [-0.39, 0.29) is 36.1 Å². The van der Waals surface area contributed by atoms with Gasteiger partial charge in [-0.05, 0) is 112 Å². The number of nitrogens with zero attached hydrogens (tertiary/aromatic N) is 1. The molecule has 0 N–H and O–H groups in total. The fourth-order valence-electron chi connectivity index (χ4n) is 10.6. The molecule has 0 aromatic rings. The Morgan fingerprint density at radius 3 is 2.28 bits per heavy atom. The Morgan fingerprint density at radius 1 is 1.00 bits per heavy atom. The second-order valence-corrected chi connectivity index (χ2v) is 14.1. The van der Waals surface area contributed by atoms with Crippen molar-refractivity contribution < 1.29 is 14.1 Å². The van der Waals surface area contributed by atoms with Crippen LogP contribution in [0.4, 0.5) is 0 Å². The molecular weight excluding hydrogens is 397 g/mol. The summed E-state index contributed by atoms with van der Waals surface area (Å²) < 4.78 is 13.5. The lowest BCUT2D eigenvalue weighted by molar-refractivity contribution is -0.199. The first-order chi connectivity index (χ1) is 15.2. The number of hydrogen-bond acceptors (Lipinski definition) is 3. The summed E-state index contributed by atoms with van der Waals surface area (Å²) in [5.74, 6) is 4.71. The third-order valence-electron chi connectivity index (χ3n) is 12.2. The van der Waals surface area contributed by atoms with Crippen LogP contribution >= 0.6 is 0 Å². The standard InChI is InChI=1S/C27H42BNO3/c1-16(27-13-17-8-18(14-27)10-19(9-17)15-27)24(30)29-7-5-6-23(29)28-31-22-12-20-11-21(25(20,2)3)26(22,4)32-28/h16-23H,5-15H2,1-4H3/t16-,17?,18?,19?,20?,21?,22-,23+,26+,27?/m1/s1. The van der Waals surface area contributed by atoms with Gasteiger partial charge in [-0.1, -0.05) is 20.8 Å². The fourth-order valence-corrected chi connectivity index (χ4v) is 10.6. The van der Waals surface area contributed by atoms with Crippen molar-refractivity contribution in [2.75, 3.05) is 6.54 Å². The fraction of sp³-hybridized carbons (Fsp3) is 0.963. The van der Waals surface area contributed by atoms with Crippen LogP contribution in [0.5, 0.6) is 0 Å². The summed E-state index contributed by atoms with van der Waals surface area (Å²) in [6, 6.07) is 0.